The zero-order valence-corrected chi connectivity index (χ0v) is 16.7. The van der Waals surface area contributed by atoms with Crippen LogP contribution in [0.1, 0.15) is 16.8 Å². The van der Waals surface area contributed by atoms with Gasteiger partial charge in [-0.1, -0.05) is 0 Å². The SMILES string of the molecule is Cc1ccc(-c2ccc(NCc3c(F)ccc4c3CCO4)n3cnnc23)c2ncnn12. The molecular formula is C22H18FN7O. The molecule has 1 N–H and O–H groups in total. The van der Waals surface area contributed by atoms with Crippen molar-refractivity contribution in [1.82, 2.24) is 29.2 Å². The van der Waals surface area contributed by atoms with Gasteiger partial charge in [-0.3, -0.25) is 4.40 Å². The van der Waals surface area contributed by atoms with E-state index < -0.39 is 0 Å². The Kier molecular flexibility index (Phi) is 3.89. The van der Waals surface area contributed by atoms with Gasteiger partial charge in [0.1, 0.15) is 30.0 Å². The van der Waals surface area contributed by atoms with Crippen molar-refractivity contribution in [3.8, 4) is 16.9 Å². The fraction of sp³-hybridized carbons (Fsp3) is 0.182. The van der Waals surface area contributed by atoms with E-state index in [2.05, 4.69) is 25.6 Å². The molecule has 5 heterocycles. The number of halogens is 1. The van der Waals surface area contributed by atoms with E-state index in [0.29, 0.717) is 30.8 Å². The monoisotopic (exact) mass is 415 g/mol. The number of nitrogens with zero attached hydrogens (tertiary/aromatic N) is 6. The predicted octanol–water partition coefficient (Wildman–Crippen LogP) is 3.43. The summed E-state index contributed by atoms with van der Waals surface area (Å²) in [6.45, 7) is 2.91. The van der Waals surface area contributed by atoms with Gasteiger partial charge in [-0.25, -0.2) is 13.9 Å². The molecule has 1 aliphatic heterocycles. The van der Waals surface area contributed by atoms with Crippen molar-refractivity contribution in [2.75, 3.05) is 11.9 Å². The fourth-order valence-corrected chi connectivity index (χ4v) is 4.19. The summed E-state index contributed by atoms with van der Waals surface area (Å²) in [6, 6.07) is 11.1. The molecule has 6 rings (SSSR count). The van der Waals surface area contributed by atoms with Gasteiger partial charge in [0.05, 0.1) is 6.61 Å². The van der Waals surface area contributed by atoms with Gasteiger partial charge in [-0.05, 0) is 43.3 Å². The molecule has 0 fully saturated rings. The maximum Gasteiger partial charge on any atom is 0.170 e. The Bertz CT molecular complexity index is 1460. The van der Waals surface area contributed by atoms with Gasteiger partial charge in [0.25, 0.3) is 0 Å². The maximum absolute atomic E-state index is 14.5. The number of nitrogens with one attached hydrogen (secondary N) is 1. The number of anilines is 1. The van der Waals surface area contributed by atoms with Crippen molar-refractivity contribution >= 4 is 17.1 Å². The van der Waals surface area contributed by atoms with E-state index >= 15 is 0 Å². The minimum atomic E-state index is -0.234. The summed E-state index contributed by atoms with van der Waals surface area (Å²) in [6.07, 6.45) is 3.90. The highest BCUT2D eigenvalue weighted by molar-refractivity contribution is 5.86. The second-order valence-corrected chi connectivity index (χ2v) is 7.50. The van der Waals surface area contributed by atoms with Gasteiger partial charge in [-0.2, -0.15) is 5.10 Å². The molecule has 5 aromatic rings. The van der Waals surface area contributed by atoms with Crippen molar-refractivity contribution < 1.29 is 9.13 Å². The summed E-state index contributed by atoms with van der Waals surface area (Å²) in [5.41, 5.74) is 5.79. The van der Waals surface area contributed by atoms with Crippen LogP contribution in [0.2, 0.25) is 0 Å². The molecule has 0 bridgehead atoms. The molecule has 0 spiro atoms. The third kappa shape index (κ3) is 2.73. The Labute approximate surface area is 176 Å². The molecule has 0 unspecified atom stereocenters. The Morgan fingerprint density at radius 2 is 1.97 bits per heavy atom. The van der Waals surface area contributed by atoms with Crippen LogP contribution in [0.15, 0.2) is 49.1 Å². The van der Waals surface area contributed by atoms with Crippen LogP contribution < -0.4 is 10.1 Å². The Hall–Kier alpha value is -4.01. The summed E-state index contributed by atoms with van der Waals surface area (Å²) in [4.78, 5) is 4.41. The Morgan fingerprint density at radius 1 is 1.10 bits per heavy atom. The number of rotatable bonds is 4. The highest BCUT2D eigenvalue weighted by atomic mass is 19.1. The molecule has 0 radical (unpaired) electrons. The number of fused-ring (bicyclic) bond motifs is 3. The number of hydrogen-bond donors (Lipinski definition) is 1. The number of aryl methyl sites for hydroxylation is 1. The second-order valence-electron chi connectivity index (χ2n) is 7.50. The van der Waals surface area contributed by atoms with Gasteiger partial charge < -0.3 is 10.1 Å². The molecule has 0 atom stereocenters. The quantitative estimate of drug-likeness (QED) is 0.484. The van der Waals surface area contributed by atoms with E-state index in [4.69, 9.17) is 4.74 Å². The second kappa shape index (κ2) is 6.76. The molecule has 9 heteroatoms. The van der Waals surface area contributed by atoms with Crippen LogP contribution in [-0.2, 0) is 13.0 Å². The largest absolute Gasteiger partial charge is 0.493 e. The van der Waals surface area contributed by atoms with Crippen molar-refractivity contribution in [2.45, 2.75) is 19.9 Å². The highest BCUT2D eigenvalue weighted by Crippen LogP contribution is 2.32. The molecule has 0 aliphatic carbocycles. The molecule has 154 valence electrons. The van der Waals surface area contributed by atoms with E-state index in [-0.39, 0.29) is 5.82 Å². The van der Waals surface area contributed by atoms with Gasteiger partial charge in [0.2, 0.25) is 0 Å². The first-order valence-electron chi connectivity index (χ1n) is 10.00. The maximum atomic E-state index is 14.5. The predicted molar refractivity (Wildman–Crippen MR) is 113 cm³/mol. The number of benzene rings is 1. The Morgan fingerprint density at radius 3 is 2.90 bits per heavy atom. The van der Waals surface area contributed by atoms with Crippen molar-refractivity contribution in [1.29, 1.82) is 0 Å². The highest BCUT2D eigenvalue weighted by Gasteiger charge is 2.20. The summed E-state index contributed by atoms with van der Waals surface area (Å²) >= 11 is 0. The number of aromatic nitrogens is 6. The van der Waals surface area contributed by atoms with E-state index in [1.165, 1.54) is 6.07 Å². The van der Waals surface area contributed by atoms with Crippen LogP contribution in [0.4, 0.5) is 10.2 Å². The normalized spacial score (nSPS) is 13.0. The topological polar surface area (TPSA) is 81.6 Å². The Balaban J connectivity index is 1.40. The minimum absolute atomic E-state index is 0.234. The molecule has 4 aromatic heterocycles. The molecule has 31 heavy (non-hydrogen) atoms. The standard InChI is InChI=1S/C22H18FN7O/c1-13-2-3-15(21-25-11-27-30(13)21)16-4-7-20(29-12-26-28-22(16)29)24-10-17-14-8-9-31-19(14)6-5-18(17)23/h2-7,11-12,24H,8-10H2,1H3. The molecule has 0 amide bonds. The van der Waals surface area contributed by atoms with Crippen molar-refractivity contribution in [3.05, 3.63) is 71.7 Å². The summed E-state index contributed by atoms with van der Waals surface area (Å²) in [5.74, 6) is 1.30. The lowest BCUT2D eigenvalue weighted by Gasteiger charge is -2.14. The number of hydrogen-bond acceptors (Lipinski definition) is 6. The lowest BCUT2D eigenvalue weighted by molar-refractivity contribution is 0.356. The number of pyridine rings is 2. The zero-order valence-electron chi connectivity index (χ0n) is 16.7. The summed E-state index contributed by atoms with van der Waals surface area (Å²) < 4.78 is 23.7. The van der Waals surface area contributed by atoms with Crippen molar-refractivity contribution in [3.63, 3.8) is 0 Å². The number of ether oxygens (including phenoxy) is 1. The molecule has 0 saturated heterocycles. The molecular weight excluding hydrogens is 397 g/mol. The van der Waals surface area contributed by atoms with Crippen molar-refractivity contribution in [2.24, 2.45) is 0 Å². The fourth-order valence-electron chi connectivity index (χ4n) is 4.19. The zero-order chi connectivity index (χ0) is 20.9. The van der Waals surface area contributed by atoms with E-state index in [0.717, 1.165) is 39.6 Å². The smallest absolute Gasteiger partial charge is 0.170 e. The van der Waals surface area contributed by atoms with Crippen LogP contribution in [-0.4, -0.2) is 35.8 Å². The first-order chi connectivity index (χ1) is 15.2. The lowest BCUT2D eigenvalue weighted by atomic mass is 10.0. The van der Waals surface area contributed by atoms with Crippen LogP contribution in [0.5, 0.6) is 5.75 Å². The van der Waals surface area contributed by atoms with Crippen LogP contribution in [0.25, 0.3) is 22.4 Å². The summed E-state index contributed by atoms with van der Waals surface area (Å²) in [5, 5.41) is 16.0. The van der Waals surface area contributed by atoms with Gasteiger partial charge >= 0.3 is 0 Å². The van der Waals surface area contributed by atoms with Gasteiger partial charge in [0.15, 0.2) is 11.3 Å². The average Bonchev–Trinajstić information content (AvgIpc) is 3.53. The molecule has 8 nitrogen and oxygen atoms in total. The summed E-state index contributed by atoms with van der Waals surface area (Å²) in [7, 11) is 0. The third-order valence-corrected chi connectivity index (χ3v) is 5.75. The minimum Gasteiger partial charge on any atom is -0.493 e. The van der Waals surface area contributed by atoms with Crippen LogP contribution >= 0.6 is 0 Å². The van der Waals surface area contributed by atoms with Crippen LogP contribution in [0, 0.1) is 12.7 Å². The van der Waals surface area contributed by atoms with E-state index in [1.54, 1.807) is 23.2 Å². The molecule has 1 aromatic carbocycles. The van der Waals surface area contributed by atoms with E-state index in [9.17, 15) is 4.39 Å². The van der Waals surface area contributed by atoms with Crippen LogP contribution in [0.3, 0.4) is 0 Å². The average molecular weight is 415 g/mol. The van der Waals surface area contributed by atoms with Gasteiger partial charge in [-0.15, -0.1) is 10.2 Å². The lowest BCUT2D eigenvalue weighted by Crippen LogP contribution is -2.08. The molecule has 0 saturated carbocycles. The third-order valence-electron chi connectivity index (χ3n) is 5.75. The molecule has 1 aliphatic rings. The van der Waals surface area contributed by atoms with E-state index in [1.807, 2.05) is 35.6 Å². The van der Waals surface area contributed by atoms with Gasteiger partial charge in [0, 0.05) is 40.9 Å². The first-order valence-corrected chi connectivity index (χ1v) is 10.00. The first kappa shape index (κ1) is 17.8.